The summed E-state index contributed by atoms with van der Waals surface area (Å²) in [5, 5.41) is 3.31. The van der Waals surface area contributed by atoms with Gasteiger partial charge in [0.1, 0.15) is 0 Å². The largest absolute Gasteiger partial charge is 0.378 e. The Bertz CT molecular complexity index is 269. The molecule has 0 aromatic rings. The number of hydrogen-bond donors (Lipinski definition) is 1. The number of hydrogen-bond acceptors (Lipinski definition) is 3. The van der Waals surface area contributed by atoms with Gasteiger partial charge in [0, 0.05) is 13.1 Å². The number of ether oxygens (including phenoxy) is 1. The lowest BCUT2D eigenvalue weighted by molar-refractivity contribution is -0.134. The number of nitrogens with zero attached hydrogens (tertiary/aromatic N) is 1. The van der Waals surface area contributed by atoms with Gasteiger partial charge < -0.3 is 15.0 Å². The molecule has 19 heavy (non-hydrogen) atoms. The van der Waals surface area contributed by atoms with E-state index in [1.165, 1.54) is 32.1 Å². The molecule has 4 nitrogen and oxygen atoms in total. The van der Waals surface area contributed by atoms with E-state index in [9.17, 15) is 4.79 Å². The van der Waals surface area contributed by atoms with Gasteiger partial charge in [0.25, 0.3) is 0 Å². The molecule has 0 unspecified atom stereocenters. The third-order valence-electron chi connectivity index (χ3n) is 4.50. The fraction of sp³-hybridized carbons (Fsp3) is 0.933. The van der Waals surface area contributed by atoms with E-state index in [4.69, 9.17) is 4.74 Å². The Morgan fingerprint density at radius 1 is 1.21 bits per heavy atom. The molecule has 1 saturated heterocycles. The van der Waals surface area contributed by atoms with E-state index in [2.05, 4.69) is 12.2 Å². The molecule has 4 heteroatoms. The monoisotopic (exact) mass is 268 g/mol. The Balaban J connectivity index is 1.52. The summed E-state index contributed by atoms with van der Waals surface area (Å²) in [4.78, 5) is 13.8. The maximum absolute atomic E-state index is 11.9. The normalized spacial score (nSPS) is 28.4. The first-order valence-electron chi connectivity index (χ1n) is 7.82. The van der Waals surface area contributed by atoms with Crippen molar-refractivity contribution in [2.24, 2.45) is 11.8 Å². The van der Waals surface area contributed by atoms with Crippen molar-refractivity contribution >= 4 is 5.91 Å². The highest BCUT2D eigenvalue weighted by atomic mass is 16.5. The van der Waals surface area contributed by atoms with Gasteiger partial charge in [-0.3, -0.25) is 4.79 Å². The van der Waals surface area contributed by atoms with Crippen molar-refractivity contribution in [3.63, 3.8) is 0 Å². The molecule has 0 spiro atoms. The van der Waals surface area contributed by atoms with Crippen molar-refractivity contribution in [2.45, 2.75) is 39.0 Å². The van der Waals surface area contributed by atoms with Crippen LogP contribution in [0.5, 0.6) is 0 Å². The molecule has 1 amide bonds. The van der Waals surface area contributed by atoms with Crippen LogP contribution < -0.4 is 5.32 Å². The van der Waals surface area contributed by atoms with Gasteiger partial charge in [-0.05, 0) is 24.8 Å². The Labute approximate surface area is 116 Å². The molecule has 1 heterocycles. The van der Waals surface area contributed by atoms with E-state index in [0.717, 1.165) is 31.5 Å². The number of amides is 1. The Kier molecular flexibility index (Phi) is 6.11. The minimum atomic E-state index is 0.223. The number of morpholine rings is 1. The fourth-order valence-corrected chi connectivity index (χ4v) is 3.04. The summed E-state index contributed by atoms with van der Waals surface area (Å²) in [7, 11) is 0. The van der Waals surface area contributed by atoms with Crippen LogP contribution >= 0.6 is 0 Å². The zero-order valence-corrected chi connectivity index (χ0v) is 12.2. The van der Waals surface area contributed by atoms with Crippen LogP contribution in [0.15, 0.2) is 0 Å². The predicted octanol–water partition coefficient (Wildman–Crippen LogP) is 1.65. The van der Waals surface area contributed by atoms with Gasteiger partial charge in [-0.2, -0.15) is 0 Å². The SMILES string of the molecule is CC1CCC(CCNCC(=O)N2CCOCC2)CC1. The molecule has 0 radical (unpaired) electrons. The van der Waals surface area contributed by atoms with Gasteiger partial charge in [-0.25, -0.2) is 0 Å². The number of nitrogens with one attached hydrogen (secondary N) is 1. The van der Waals surface area contributed by atoms with Crippen LogP contribution in [0.1, 0.15) is 39.0 Å². The van der Waals surface area contributed by atoms with Crippen molar-refractivity contribution in [1.82, 2.24) is 10.2 Å². The van der Waals surface area contributed by atoms with Gasteiger partial charge >= 0.3 is 0 Å². The maximum Gasteiger partial charge on any atom is 0.236 e. The second kappa shape index (κ2) is 7.85. The number of rotatable bonds is 5. The maximum atomic E-state index is 11.9. The highest BCUT2D eigenvalue weighted by Gasteiger charge is 2.18. The van der Waals surface area contributed by atoms with Gasteiger partial charge in [-0.15, -0.1) is 0 Å². The van der Waals surface area contributed by atoms with Crippen LogP contribution in [0.25, 0.3) is 0 Å². The third-order valence-corrected chi connectivity index (χ3v) is 4.50. The molecule has 0 aromatic carbocycles. The topological polar surface area (TPSA) is 41.6 Å². The lowest BCUT2D eigenvalue weighted by Gasteiger charge is -2.28. The van der Waals surface area contributed by atoms with Crippen LogP contribution in [0.2, 0.25) is 0 Å². The summed E-state index contributed by atoms with van der Waals surface area (Å²) in [6.45, 7) is 6.70. The summed E-state index contributed by atoms with van der Waals surface area (Å²) in [6.07, 6.45) is 6.75. The number of carbonyl (C=O) groups excluding carboxylic acids is 1. The van der Waals surface area contributed by atoms with E-state index in [0.29, 0.717) is 19.8 Å². The fourth-order valence-electron chi connectivity index (χ4n) is 3.04. The summed E-state index contributed by atoms with van der Waals surface area (Å²) >= 11 is 0. The van der Waals surface area contributed by atoms with Gasteiger partial charge in [-0.1, -0.05) is 32.6 Å². The van der Waals surface area contributed by atoms with Crippen LogP contribution in [0.3, 0.4) is 0 Å². The first-order valence-corrected chi connectivity index (χ1v) is 7.82. The van der Waals surface area contributed by atoms with Crippen molar-refractivity contribution in [3.8, 4) is 0 Å². The molecule has 110 valence electrons. The number of carbonyl (C=O) groups is 1. The highest BCUT2D eigenvalue weighted by molar-refractivity contribution is 5.78. The van der Waals surface area contributed by atoms with Gasteiger partial charge in [0.2, 0.25) is 5.91 Å². The van der Waals surface area contributed by atoms with Crippen LogP contribution in [-0.4, -0.2) is 50.2 Å². The van der Waals surface area contributed by atoms with Gasteiger partial charge in [0.05, 0.1) is 19.8 Å². The van der Waals surface area contributed by atoms with Crippen LogP contribution in [-0.2, 0) is 9.53 Å². The van der Waals surface area contributed by atoms with Crippen molar-refractivity contribution in [2.75, 3.05) is 39.4 Å². The molecule has 0 aromatic heterocycles. The molecule has 2 rings (SSSR count). The highest BCUT2D eigenvalue weighted by Crippen LogP contribution is 2.29. The Morgan fingerprint density at radius 3 is 2.58 bits per heavy atom. The molecule has 1 aliphatic carbocycles. The average Bonchev–Trinajstić information content (AvgIpc) is 2.46. The van der Waals surface area contributed by atoms with Crippen molar-refractivity contribution in [3.05, 3.63) is 0 Å². The van der Waals surface area contributed by atoms with Crippen LogP contribution in [0.4, 0.5) is 0 Å². The Morgan fingerprint density at radius 2 is 1.89 bits per heavy atom. The third kappa shape index (κ3) is 5.11. The second-order valence-electron chi connectivity index (χ2n) is 6.08. The zero-order valence-electron chi connectivity index (χ0n) is 12.2. The summed E-state index contributed by atoms with van der Waals surface area (Å²) in [5.41, 5.74) is 0. The zero-order chi connectivity index (χ0) is 13.5. The van der Waals surface area contributed by atoms with E-state index in [-0.39, 0.29) is 5.91 Å². The summed E-state index contributed by atoms with van der Waals surface area (Å²) in [5.74, 6) is 2.02. The van der Waals surface area contributed by atoms with E-state index in [1.54, 1.807) is 0 Å². The molecular weight excluding hydrogens is 240 g/mol. The molecule has 1 N–H and O–H groups in total. The molecule has 0 bridgehead atoms. The molecule has 1 saturated carbocycles. The molecule has 1 aliphatic heterocycles. The van der Waals surface area contributed by atoms with Gasteiger partial charge in [0.15, 0.2) is 0 Å². The second-order valence-corrected chi connectivity index (χ2v) is 6.08. The summed E-state index contributed by atoms with van der Waals surface area (Å²) in [6, 6.07) is 0. The van der Waals surface area contributed by atoms with Crippen LogP contribution in [0, 0.1) is 11.8 Å². The minimum absolute atomic E-state index is 0.223. The lowest BCUT2D eigenvalue weighted by Crippen LogP contribution is -2.44. The van der Waals surface area contributed by atoms with E-state index >= 15 is 0 Å². The molecule has 2 aliphatic rings. The Hall–Kier alpha value is -0.610. The lowest BCUT2D eigenvalue weighted by atomic mass is 9.81. The standard InChI is InChI=1S/C15H28N2O2/c1-13-2-4-14(5-3-13)6-7-16-12-15(18)17-8-10-19-11-9-17/h13-14,16H,2-12H2,1H3. The van der Waals surface area contributed by atoms with Crippen molar-refractivity contribution in [1.29, 1.82) is 0 Å². The molecule has 2 fully saturated rings. The summed E-state index contributed by atoms with van der Waals surface area (Å²) < 4.78 is 5.25. The molecular formula is C15H28N2O2. The smallest absolute Gasteiger partial charge is 0.236 e. The van der Waals surface area contributed by atoms with E-state index in [1.807, 2.05) is 4.90 Å². The van der Waals surface area contributed by atoms with Crippen molar-refractivity contribution < 1.29 is 9.53 Å². The molecule has 0 atom stereocenters. The first-order chi connectivity index (χ1) is 9.25. The first kappa shape index (κ1) is 14.8. The average molecular weight is 268 g/mol. The minimum Gasteiger partial charge on any atom is -0.378 e. The predicted molar refractivity (Wildman–Crippen MR) is 76.0 cm³/mol. The quantitative estimate of drug-likeness (QED) is 0.771. The van der Waals surface area contributed by atoms with E-state index < -0.39 is 0 Å².